The van der Waals surface area contributed by atoms with Gasteiger partial charge in [0.2, 0.25) is 5.91 Å². The van der Waals surface area contributed by atoms with E-state index in [2.05, 4.69) is 0 Å². The summed E-state index contributed by atoms with van der Waals surface area (Å²) < 4.78 is 0. The van der Waals surface area contributed by atoms with Gasteiger partial charge in [0.25, 0.3) is 0 Å². The van der Waals surface area contributed by atoms with Crippen LogP contribution in [0.15, 0.2) is 0 Å². The monoisotopic (exact) mass is 256 g/mol. The summed E-state index contributed by atoms with van der Waals surface area (Å²) in [6.07, 6.45) is 2.07. The number of amides is 1. The van der Waals surface area contributed by atoms with Crippen LogP contribution in [0.2, 0.25) is 0 Å². The summed E-state index contributed by atoms with van der Waals surface area (Å²) in [4.78, 5) is 24.8. The highest BCUT2D eigenvalue weighted by Crippen LogP contribution is 2.34. The topological polar surface area (TPSA) is 104 Å². The molecular weight excluding hydrogens is 236 g/mol. The molecule has 0 radical (unpaired) electrons. The van der Waals surface area contributed by atoms with Crippen molar-refractivity contribution in [1.82, 2.24) is 4.90 Å². The number of carbonyl (C=O) groups is 2. The van der Waals surface area contributed by atoms with Crippen molar-refractivity contribution < 1.29 is 19.8 Å². The van der Waals surface area contributed by atoms with Crippen LogP contribution in [0.4, 0.5) is 0 Å². The molecule has 2 fully saturated rings. The number of aliphatic carboxylic acids is 1. The van der Waals surface area contributed by atoms with Gasteiger partial charge in [0.1, 0.15) is 6.04 Å². The third kappa shape index (κ3) is 2.35. The SMILES string of the molecule is NCC1CCCC1C(=O)N1C[C@H](O)C[C@H]1C(=O)O. The van der Waals surface area contributed by atoms with Crippen molar-refractivity contribution in [3.8, 4) is 0 Å². The Morgan fingerprint density at radius 3 is 2.67 bits per heavy atom. The number of carboxylic acids is 1. The minimum absolute atomic E-state index is 0.126. The minimum Gasteiger partial charge on any atom is -0.480 e. The van der Waals surface area contributed by atoms with Crippen LogP contribution in [0.25, 0.3) is 0 Å². The van der Waals surface area contributed by atoms with Crippen LogP contribution in [0.5, 0.6) is 0 Å². The van der Waals surface area contributed by atoms with Crippen LogP contribution < -0.4 is 5.73 Å². The number of aliphatic hydroxyl groups excluding tert-OH is 1. The predicted octanol–water partition coefficient (Wildman–Crippen LogP) is -0.592. The third-order valence-corrected chi connectivity index (χ3v) is 4.13. The third-order valence-electron chi connectivity index (χ3n) is 4.13. The molecule has 0 aromatic carbocycles. The maximum atomic E-state index is 12.4. The number of hydrogen-bond donors (Lipinski definition) is 3. The summed E-state index contributed by atoms with van der Waals surface area (Å²) in [5, 5.41) is 18.6. The quantitative estimate of drug-likeness (QED) is 0.626. The molecule has 6 nitrogen and oxygen atoms in total. The fourth-order valence-corrected chi connectivity index (χ4v) is 3.15. The number of aliphatic hydroxyl groups is 1. The number of nitrogens with zero attached hydrogens (tertiary/aromatic N) is 1. The smallest absolute Gasteiger partial charge is 0.326 e. The summed E-state index contributed by atoms with van der Waals surface area (Å²) in [5.74, 6) is -1.19. The normalized spacial score (nSPS) is 36.0. The second-order valence-electron chi connectivity index (χ2n) is 5.27. The number of carboxylic acid groups (broad SMARTS) is 1. The van der Waals surface area contributed by atoms with Crippen molar-refractivity contribution in [3.05, 3.63) is 0 Å². The van der Waals surface area contributed by atoms with Gasteiger partial charge in [0, 0.05) is 18.9 Å². The Morgan fingerprint density at radius 2 is 2.06 bits per heavy atom. The highest BCUT2D eigenvalue weighted by Gasteiger charge is 2.43. The molecular formula is C12H20N2O4. The van der Waals surface area contributed by atoms with Crippen molar-refractivity contribution in [1.29, 1.82) is 0 Å². The summed E-state index contributed by atoms with van der Waals surface area (Å²) in [6.45, 7) is 0.591. The van der Waals surface area contributed by atoms with E-state index < -0.39 is 18.1 Å². The zero-order valence-corrected chi connectivity index (χ0v) is 10.3. The maximum Gasteiger partial charge on any atom is 0.326 e. The lowest BCUT2D eigenvalue weighted by Crippen LogP contribution is -2.45. The summed E-state index contributed by atoms with van der Waals surface area (Å²) >= 11 is 0. The molecule has 102 valence electrons. The van der Waals surface area contributed by atoms with Crippen molar-refractivity contribution in [2.75, 3.05) is 13.1 Å². The molecule has 1 amide bonds. The zero-order chi connectivity index (χ0) is 13.3. The molecule has 1 aliphatic carbocycles. The van der Waals surface area contributed by atoms with E-state index in [0.29, 0.717) is 6.54 Å². The number of rotatable bonds is 3. The molecule has 2 aliphatic rings. The van der Waals surface area contributed by atoms with Gasteiger partial charge in [-0.2, -0.15) is 0 Å². The van der Waals surface area contributed by atoms with E-state index >= 15 is 0 Å². The Bertz CT molecular complexity index is 347. The van der Waals surface area contributed by atoms with Crippen molar-refractivity contribution >= 4 is 11.9 Å². The predicted molar refractivity (Wildman–Crippen MR) is 63.6 cm³/mol. The van der Waals surface area contributed by atoms with Crippen LogP contribution in [0.3, 0.4) is 0 Å². The average Bonchev–Trinajstić information content (AvgIpc) is 2.93. The van der Waals surface area contributed by atoms with Gasteiger partial charge in [-0.3, -0.25) is 4.79 Å². The van der Waals surface area contributed by atoms with Crippen molar-refractivity contribution in [2.45, 2.75) is 37.8 Å². The van der Waals surface area contributed by atoms with E-state index in [4.69, 9.17) is 10.8 Å². The molecule has 4 atom stereocenters. The van der Waals surface area contributed by atoms with Crippen LogP contribution in [0, 0.1) is 11.8 Å². The van der Waals surface area contributed by atoms with Gasteiger partial charge >= 0.3 is 5.97 Å². The van der Waals surface area contributed by atoms with E-state index in [1.54, 1.807) is 0 Å². The molecule has 1 saturated heterocycles. The second kappa shape index (κ2) is 5.24. The molecule has 0 aromatic heterocycles. The van der Waals surface area contributed by atoms with E-state index in [9.17, 15) is 14.7 Å². The maximum absolute atomic E-state index is 12.4. The van der Waals surface area contributed by atoms with Gasteiger partial charge in [0.05, 0.1) is 6.10 Å². The van der Waals surface area contributed by atoms with Crippen LogP contribution >= 0.6 is 0 Å². The van der Waals surface area contributed by atoms with Gasteiger partial charge in [-0.15, -0.1) is 0 Å². The number of carbonyl (C=O) groups excluding carboxylic acids is 1. The van der Waals surface area contributed by atoms with E-state index in [1.807, 2.05) is 0 Å². The largest absolute Gasteiger partial charge is 0.480 e. The number of β-amino-alcohol motifs (C(OH)–C–C–N with tert-alkyl or cyclic N) is 1. The lowest BCUT2D eigenvalue weighted by Gasteiger charge is -2.27. The summed E-state index contributed by atoms with van der Waals surface area (Å²) in [7, 11) is 0. The molecule has 2 rings (SSSR count). The molecule has 0 aromatic rings. The lowest BCUT2D eigenvalue weighted by molar-refractivity contribution is -0.150. The van der Waals surface area contributed by atoms with Gasteiger partial charge in [-0.1, -0.05) is 6.42 Å². The van der Waals surface area contributed by atoms with Crippen molar-refractivity contribution in [3.63, 3.8) is 0 Å². The molecule has 18 heavy (non-hydrogen) atoms. The average molecular weight is 256 g/mol. The second-order valence-corrected chi connectivity index (χ2v) is 5.27. The first kappa shape index (κ1) is 13.3. The Labute approximate surface area is 106 Å². The Kier molecular flexibility index (Phi) is 3.87. The minimum atomic E-state index is -1.04. The molecule has 1 aliphatic heterocycles. The van der Waals surface area contributed by atoms with Crippen LogP contribution in [-0.4, -0.2) is 52.2 Å². The standard InChI is InChI=1S/C12H20N2O4/c13-5-7-2-1-3-9(7)11(16)14-6-8(15)4-10(14)12(17)18/h7-10,15H,1-6,13H2,(H,17,18)/t7?,8-,9?,10+/m1/s1. The lowest BCUT2D eigenvalue weighted by atomic mass is 9.94. The molecule has 0 spiro atoms. The highest BCUT2D eigenvalue weighted by molar-refractivity contribution is 5.86. The van der Waals surface area contributed by atoms with Gasteiger partial charge in [0.15, 0.2) is 0 Å². The first-order valence-corrected chi connectivity index (χ1v) is 6.46. The zero-order valence-electron chi connectivity index (χ0n) is 10.3. The van der Waals surface area contributed by atoms with E-state index in [-0.39, 0.29) is 30.7 Å². The molecule has 0 bridgehead atoms. The molecule has 6 heteroatoms. The van der Waals surface area contributed by atoms with Crippen LogP contribution in [0.1, 0.15) is 25.7 Å². The van der Waals surface area contributed by atoms with Gasteiger partial charge in [-0.25, -0.2) is 4.79 Å². The van der Waals surface area contributed by atoms with E-state index in [1.165, 1.54) is 4.90 Å². The fourth-order valence-electron chi connectivity index (χ4n) is 3.15. The Hall–Kier alpha value is -1.14. The molecule has 1 heterocycles. The number of likely N-dealkylation sites (tertiary alicyclic amines) is 1. The van der Waals surface area contributed by atoms with Gasteiger partial charge < -0.3 is 20.8 Å². The number of hydrogen-bond acceptors (Lipinski definition) is 4. The summed E-state index contributed by atoms with van der Waals surface area (Å²) in [5.41, 5.74) is 5.65. The first-order chi connectivity index (χ1) is 8.54. The number of nitrogens with two attached hydrogens (primary N) is 1. The van der Waals surface area contributed by atoms with Crippen LogP contribution in [-0.2, 0) is 9.59 Å². The summed E-state index contributed by atoms with van der Waals surface area (Å²) in [6, 6.07) is -0.883. The van der Waals surface area contributed by atoms with E-state index in [0.717, 1.165) is 19.3 Å². The molecule has 2 unspecified atom stereocenters. The highest BCUT2D eigenvalue weighted by atomic mass is 16.4. The van der Waals surface area contributed by atoms with Crippen molar-refractivity contribution in [2.24, 2.45) is 17.6 Å². The van der Waals surface area contributed by atoms with Gasteiger partial charge in [-0.05, 0) is 25.3 Å². The first-order valence-electron chi connectivity index (χ1n) is 6.46. The molecule has 4 N–H and O–H groups in total. The Balaban J connectivity index is 2.10. The molecule has 1 saturated carbocycles. The Morgan fingerprint density at radius 1 is 1.33 bits per heavy atom. The fraction of sp³-hybridized carbons (Fsp3) is 0.833.